The molecule has 0 saturated heterocycles. The molecule has 1 aromatic carbocycles. The number of rotatable bonds is 9. The van der Waals surface area contributed by atoms with Crippen LogP contribution in [-0.2, 0) is 6.42 Å². The molecule has 2 aliphatic rings. The molecule has 3 aromatic heterocycles. The van der Waals surface area contributed by atoms with Crippen molar-refractivity contribution in [1.82, 2.24) is 29.3 Å². The Hall–Kier alpha value is -3.82. The fraction of sp³-hybridized carbons (Fsp3) is 0.417. The van der Waals surface area contributed by atoms with Crippen molar-refractivity contribution < 1.29 is 14.2 Å². The molecule has 3 heterocycles. The molecule has 6 rings (SSSR count). The highest BCUT2D eigenvalue weighted by Crippen LogP contribution is 2.40. The highest BCUT2D eigenvalue weighted by Gasteiger charge is 2.29. The van der Waals surface area contributed by atoms with Gasteiger partial charge in [-0.2, -0.15) is 5.10 Å². The molecule has 0 amide bonds. The summed E-state index contributed by atoms with van der Waals surface area (Å²) in [7, 11) is 4.79. The van der Waals surface area contributed by atoms with Crippen LogP contribution in [0.4, 0.5) is 11.6 Å². The molecule has 10 heteroatoms. The molecule has 0 aliphatic heterocycles. The van der Waals surface area contributed by atoms with E-state index in [0.717, 1.165) is 47.6 Å². The van der Waals surface area contributed by atoms with Gasteiger partial charge in [0.15, 0.2) is 17.1 Å². The maximum absolute atomic E-state index is 5.49. The summed E-state index contributed by atoms with van der Waals surface area (Å²) in [4.78, 5) is 14.3. The zero-order valence-electron chi connectivity index (χ0n) is 19.5. The van der Waals surface area contributed by atoms with Gasteiger partial charge in [0.25, 0.3) is 0 Å². The number of ether oxygens (including phenoxy) is 3. The van der Waals surface area contributed by atoms with Gasteiger partial charge < -0.3 is 24.1 Å². The minimum atomic E-state index is 0.452. The van der Waals surface area contributed by atoms with Gasteiger partial charge in [-0.05, 0) is 31.6 Å². The number of hydrogen-bond acceptors (Lipinski definition) is 8. The second kappa shape index (κ2) is 8.19. The van der Waals surface area contributed by atoms with Crippen LogP contribution in [0.2, 0.25) is 0 Å². The molecule has 2 aliphatic carbocycles. The first-order valence-electron chi connectivity index (χ1n) is 11.5. The van der Waals surface area contributed by atoms with Crippen molar-refractivity contribution in [2.24, 2.45) is 5.92 Å². The Labute approximate surface area is 196 Å². The lowest BCUT2D eigenvalue weighted by Gasteiger charge is -2.14. The summed E-state index contributed by atoms with van der Waals surface area (Å²) in [6, 6.07) is 4.21. The van der Waals surface area contributed by atoms with Crippen LogP contribution in [-0.4, -0.2) is 50.6 Å². The van der Waals surface area contributed by atoms with Crippen molar-refractivity contribution >= 4 is 22.7 Å². The van der Waals surface area contributed by atoms with E-state index in [1.807, 2.05) is 33.8 Å². The summed E-state index contributed by atoms with van der Waals surface area (Å²) >= 11 is 0. The largest absolute Gasteiger partial charge is 0.493 e. The molecule has 2 fully saturated rings. The highest BCUT2D eigenvalue weighted by molar-refractivity contribution is 5.88. The van der Waals surface area contributed by atoms with Gasteiger partial charge in [0.1, 0.15) is 23.8 Å². The van der Waals surface area contributed by atoms with Gasteiger partial charge in [-0.1, -0.05) is 0 Å². The fourth-order valence-corrected chi connectivity index (χ4v) is 4.19. The predicted molar refractivity (Wildman–Crippen MR) is 127 cm³/mol. The minimum absolute atomic E-state index is 0.452. The van der Waals surface area contributed by atoms with Crippen LogP contribution in [0.1, 0.15) is 37.5 Å². The monoisotopic (exact) mass is 461 g/mol. The van der Waals surface area contributed by atoms with E-state index in [0.29, 0.717) is 35.0 Å². The molecule has 176 valence electrons. The van der Waals surface area contributed by atoms with Crippen molar-refractivity contribution in [2.75, 3.05) is 26.6 Å². The molecule has 1 N–H and O–H groups in total. The number of anilines is 2. The van der Waals surface area contributed by atoms with E-state index in [1.165, 1.54) is 12.8 Å². The normalized spacial score (nSPS) is 15.5. The number of fused-ring (bicyclic) bond motifs is 1. The summed E-state index contributed by atoms with van der Waals surface area (Å²) in [5, 5.41) is 8.92. The van der Waals surface area contributed by atoms with Crippen LogP contribution in [0.25, 0.3) is 16.7 Å². The molecule has 0 spiro atoms. The molecule has 0 radical (unpaired) electrons. The van der Waals surface area contributed by atoms with E-state index in [9.17, 15) is 0 Å². The number of aromatic nitrogens is 6. The molecular weight excluding hydrogens is 434 g/mol. The second-order valence-corrected chi connectivity index (χ2v) is 8.87. The van der Waals surface area contributed by atoms with E-state index in [4.69, 9.17) is 24.2 Å². The van der Waals surface area contributed by atoms with Crippen LogP contribution in [0.3, 0.4) is 0 Å². The van der Waals surface area contributed by atoms with E-state index in [-0.39, 0.29) is 0 Å². The van der Waals surface area contributed by atoms with E-state index in [2.05, 4.69) is 15.4 Å². The third-order valence-electron chi connectivity index (χ3n) is 6.34. The predicted octanol–water partition coefficient (Wildman–Crippen LogP) is 4.07. The lowest BCUT2D eigenvalue weighted by atomic mass is 10.2. The third-order valence-corrected chi connectivity index (χ3v) is 6.34. The Morgan fingerprint density at radius 3 is 2.41 bits per heavy atom. The average Bonchev–Trinajstić information content (AvgIpc) is 3.78. The Morgan fingerprint density at radius 2 is 1.76 bits per heavy atom. The first-order chi connectivity index (χ1) is 16.7. The number of imidazole rings is 1. The van der Waals surface area contributed by atoms with Gasteiger partial charge in [-0.15, -0.1) is 0 Å². The Bertz CT molecular complexity index is 1330. The maximum atomic E-state index is 5.49. The smallest absolute Gasteiger partial charge is 0.203 e. The van der Waals surface area contributed by atoms with Gasteiger partial charge in [-0.3, -0.25) is 0 Å². The minimum Gasteiger partial charge on any atom is -0.493 e. The molecule has 2 saturated carbocycles. The van der Waals surface area contributed by atoms with Crippen molar-refractivity contribution in [1.29, 1.82) is 0 Å². The van der Waals surface area contributed by atoms with Gasteiger partial charge in [-0.25, -0.2) is 19.6 Å². The number of nitrogens with zero attached hydrogens (tertiary/aromatic N) is 6. The molecule has 0 bridgehead atoms. The quantitative estimate of drug-likeness (QED) is 0.398. The first-order valence-corrected chi connectivity index (χ1v) is 11.5. The van der Waals surface area contributed by atoms with Crippen molar-refractivity contribution in [3.63, 3.8) is 0 Å². The molecule has 0 atom stereocenters. The van der Waals surface area contributed by atoms with Crippen LogP contribution in [0, 0.1) is 5.92 Å². The van der Waals surface area contributed by atoms with Crippen molar-refractivity contribution in [3.05, 3.63) is 36.7 Å². The lowest BCUT2D eigenvalue weighted by Crippen LogP contribution is -2.05. The zero-order valence-corrected chi connectivity index (χ0v) is 19.5. The standard InChI is InChI=1S/C24H27N7O3/c1-32-18-9-16(10-19(33-2)22(18)34-3)30-12-21(25-13-30)28-23-17-11-26-31(15-6-7-15)24(17)29-20(27-23)8-14-4-5-14/h9-15H,4-8H2,1-3H3,(H,27,28,29). The summed E-state index contributed by atoms with van der Waals surface area (Å²) in [6.07, 6.45) is 11.2. The summed E-state index contributed by atoms with van der Waals surface area (Å²) < 4.78 is 20.3. The number of methoxy groups -OCH3 is 3. The van der Waals surface area contributed by atoms with Crippen molar-refractivity contribution in [3.8, 4) is 22.9 Å². The Balaban J connectivity index is 1.34. The lowest BCUT2D eigenvalue weighted by molar-refractivity contribution is 0.324. The van der Waals surface area contributed by atoms with E-state index in [1.54, 1.807) is 27.7 Å². The number of nitrogens with one attached hydrogen (secondary N) is 1. The molecule has 0 unspecified atom stereocenters. The van der Waals surface area contributed by atoms with Gasteiger partial charge >= 0.3 is 0 Å². The van der Waals surface area contributed by atoms with Crippen LogP contribution >= 0.6 is 0 Å². The second-order valence-electron chi connectivity index (χ2n) is 8.87. The topological polar surface area (TPSA) is 101 Å². The Kier molecular flexibility index (Phi) is 5.00. The highest BCUT2D eigenvalue weighted by atomic mass is 16.5. The van der Waals surface area contributed by atoms with Crippen molar-refractivity contribution in [2.45, 2.75) is 38.1 Å². The molecule has 4 aromatic rings. The SMILES string of the molecule is COc1cc(-n2cnc(Nc3nc(CC4CC4)nc4c3cnn4C3CC3)c2)cc(OC)c1OC. The zero-order chi connectivity index (χ0) is 23.2. The molecule has 34 heavy (non-hydrogen) atoms. The van der Waals surface area contributed by atoms with Gasteiger partial charge in [0.05, 0.1) is 50.8 Å². The van der Waals surface area contributed by atoms with Gasteiger partial charge in [0.2, 0.25) is 5.75 Å². The van der Waals surface area contributed by atoms with Crippen LogP contribution < -0.4 is 19.5 Å². The fourth-order valence-electron chi connectivity index (χ4n) is 4.19. The first kappa shape index (κ1) is 20.8. The molecular formula is C24H27N7O3. The summed E-state index contributed by atoms with van der Waals surface area (Å²) in [5.74, 6) is 4.68. The summed E-state index contributed by atoms with van der Waals surface area (Å²) in [6.45, 7) is 0. The number of hydrogen-bond donors (Lipinski definition) is 1. The van der Waals surface area contributed by atoms with E-state index >= 15 is 0 Å². The third kappa shape index (κ3) is 3.78. The van der Waals surface area contributed by atoms with E-state index < -0.39 is 0 Å². The summed E-state index contributed by atoms with van der Waals surface area (Å²) in [5.41, 5.74) is 1.73. The van der Waals surface area contributed by atoms with Crippen LogP contribution in [0.15, 0.2) is 30.9 Å². The maximum Gasteiger partial charge on any atom is 0.203 e. The van der Waals surface area contributed by atoms with Crippen LogP contribution in [0.5, 0.6) is 17.2 Å². The average molecular weight is 462 g/mol. The molecule has 10 nitrogen and oxygen atoms in total. The Morgan fingerprint density at radius 1 is 1.00 bits per heavy atom. The number of benzene rings is 1. The van der Waals surface area contributed by atoms with Gasteiger partial charge in [0, 0.05) is 18.6 Å².